The summed E-state index contributed by atoms with van der Waals surface area (Å²) in [7, 11) is 0. The normalized spacial score (nSPS) is 22.5. The number of fused-ring (bicyclic) bond motifs is 2. The average Bonchev–Trinajstić information content (AvgIpc) is 3.63. The number of carbonyl (C=O) groups is 2. The molecule has 3 N–H and O–H groups in total. The van der Waals surface area contributed by atoms with Crippen molar-refractivity contribution in [1.29, 1.82) is 0 Å². The molecule has 0 bridgehead atoms. The molecule has 2 aliphatic rings. The molecular formula is C33H43F3N6O6S. The number of carbonyl (C=O) groups excluding carboxylic acids is 2. The Morgan fingerprint density at radius 2 is 1.78 bits per heavy atom. The third-order valence-electron chi connectivity index (χ3n) is 7.98. The summed E-state index contributed by atoms with van der Waals surface area (Å²) >= 11 is 1.42. The highest BCUT2D eigenvalue weighted by molar-refractivity contribution is 7.21. The first kappa shape index (κ1) is 36.5. The predicted octanol–water partition coefficient (Wildman–Crippen LogP) is 6.45. The zero-order valence-corrected chi connectivity index (χ0v) is 29.5. The molecule has 1 aliphatic carbocycles. The van der Waals surface area contributed by atoms with Gasteiger partial charge in [-0.15, -0.1) is 11.3 Å². The highest BCUT2D eigenvalue weighted by Gasteiger charge is 2.54. The molecule has 5 rings (SSSR count). The molecule has 2 aromatic heterocycles. The maximum Gasteiger partial charge on any atom is 0.408 e. The molecule has 1 saturated heterocycles. The van der Waals surface area contributed by atoms with Crippen LogP contribution >= 0.6 is 11.3 Å². The molecule has 1 saturated carbocycles. The van der Waals surface area contributed by atoms with E-state index < -0.39 is 60.5 Å². The monoisotopic (exact) mass is 708 g/mol. The van der Waals surface area contributed by atoms with Crippen LogP contribution in [-0.2, 0) is 23.7 Å². The molecule has 3 heterocycles. The van der Waals surface area contributed by atoms with Crippen LogP contribution in [0.1, 0.15) is 60.6 Å². The first-order chi connectivity index (χ1) is 22.8. The van der Waals surface area contributed by atoms with Crippen LogP contribution in [0.25, 0.3) is 20.8 Å². The topological polar surface area (TPSA) is 146 Å². The molecule has 1 aliphatic heterocycles. The van der Waals surface area contributed by atoms with Gasteiger partial charge in [0.25, 0.3) is 0 Å². The number of aryl methyl sites for hydroxylation is 1. The molecule has 268 valence electrons. The van der Waals surface area contributed by atoms with E-state index in [4.69, 9.17) is 23.9 Å². The van der Waals surface area contributed by atoms with Gasteiger partial charge in [-0.2, -0.15) is 18.2 Å². The second kappa shape index (κ2) is 13.9. The first-order valence-corrected chi connectivity index (χ1v) is 16.9. The number of hydrogen-bond donors (Lipinski definition) is 3. The number of alkyl halides is 3. The molecule has 1 amide bonds. The van der Waals surface area contributed by atoms with E-state index in [9.17, 15) is 22.8 Å². The number of alkyl carbamates (subject to hydrolysis) is 1. The molecule has 3 aromatic rings. The van der Waals surface area contributed by atoms with Crippen LogP contribution in [0.4, 0.5) is 29.7 Å². The van der Waals surface area contributed by atoms with Crippen molar-refractivity contribution in [3.63, 3.8) is 0 Å². The highest BCUT2D eigenvalue weighted by atomic mass is 32.1. The first-order valence-electron chi connectivity index (χ1n) is 16.1. The Bertz CT molecular complexity index is 1640. The number of halogens is 3. The van der Waals surface area contributed by atoms with Gasteiger partial charge in [-0.3, -0.25) is 0 Å². The maximum absolute atomic E-state index is 13.2. The highest BCUT2D eigenvalue weighted by Crippen LogP contribution is 2.44. The van der Waals surface area contributed by atoms with Gasteiger partial charge in [-0.1, -0.05) is 26.0 Å². The number of nitrogens with one attached hydrogen (secondary N) is 3. The van der Waals surface area contributed by atoms with Gasteiger partial charge in [0.15, 0.2) is 5.79 Å². The van der Waals surface area contributed by atoms with E-state index in [-0.39, 0.29) is 30.2 Å². The van der Waals surface area contributed by atoms with Gasteiger partial charge in [0, 0.05) is 5.92 Å². The van der Waals surface area contributed by atoms with E-state index in [0.717, 1.165) is 10.2 Å². The fourth-order valence-electron chi connectivity index (χ4n) is 5.95. The second-order valence-corrected chi connectivity index (χ2v) is 15.2. The average molecular weight is 709 g/mol. The van der Waals surface area contributed by atoms with Crippen LogP contribution in [0.3, 0.4) is 0 Å². The van der Waals surface area contributed by atoms with Gasteiger partial charge in [0.2, 0.25) is 5.95 Å². The maximum atomic E-state index is 13.2. The summed E-state index contributed by atoms with van der Waals surface area (Å²) in [5.74, 6) is -2.07. The summed E-state index contributed by atoms with van der Waals surface area (Å²) < 4.78 is 63.9. The lowest BCUT2D eigenvalue weighted by Gasteiger charge is -2.26. The Labute approximate surface area is 286 Å². The lowest BCUT2D eigenvalue weighted by Crippen LogP contribution is -2.47. The molecule has 0 radical (unpaired) electrons. The number of thiazole rings is 1. The van der Waals surface area contributed by atoms with Crippen molar-refractivity contribution in [2.45, 2.75) is 104 Å². The van der Waals surface area contributed by atoms with Crippen LogP contribution in [0.15, 0.2) is 24.3 Å². The van der Waals surface area contributed by atoms with Crippen LogP contribution < -0.4 is 16.0 Å². The van der Waals surface area contributed by atoms with Gasteiger partial charge in [0.05, 0.1) is 40.2 Å². The van der Waals surface area contributed by atoms with Crippen LogP contribution in [0.5, 0.6) is 0 Å². The Balaban J connectivity index is 1.39. The summed E-state index contributed by atoms with van der Waals surface area (Å²) in [6, 6.07) is 6.21. The Morgan fingerprint density at radius 1 is 1.08 bits per heavy atom. The molecule has 1 aromatic carbocycles. The molecule has 2 fully saturated rings. The summed E-state index contributed by atoms with van der Waals surface area (Å²) in [5.41, 5.74) is 1.01. The summed E-state index contributed by atoms with van der Waals surface area (Å²) in [5, 5.41) is 8.92. The molecule has 12 nitrogen and oxygen atoms in total. The van der Waals surface area contributed by atoms with Crippen molar-refractivity contribution < 1.29 is 41.7 Å². The number of rotatable bonds is 10. The fraction of sp³-hybridized carbons (Fsp3) is 0.606. The van der Waals surface area contributed by atoms with Crippen LogP contribution in [-0.4, -0.2) is 82.0 Å². The minimum Gasteiger partial charge on any atom is -0.464 e. The molecular weight excluding hydrogens is 665 g/mol. The number of benzene rings is 1. The lowest BCUT2D eigenvalue weighted by molar-refractivity contribution is -0.163. The summed E-state index contributed by atoms with van der Waals surface area (Å²) in [6.45, 7) is 12.7. The Hall–Kier alpha value is -3.76. The second-order valence-electron chi connectivity index (χ2n) is 14.1. The number of hydrogen-bond acceptors (Lipinski definition) is 12. The van der Waals surface area contributed by atoms with E-state index in [1.54, 1.807) is 55.4 Å². The van der Waals surface area contributed by atoms with Gasteiger partial charge in [-0.25, -0.2) is 19.6 Å². The zero-order chi connectivity index (χ0) is 35.9. The molecule has 49 heavy (non-hydrogen) atoms. The van der Waals surface area contributed by atoms with E-state index in [2.05, 4.69) is 25.9 Å². The molecule has 5 atom stereocenters. The van der Waals surface area contributed by atoms with E-state index in [1.807, 2.05) is 24.3 Å². The zero-order valence-electron chi connectivity index (χ0n) is 28.7. The molecule has 5 unspecified atom stereocenters. The molecule has 16 heteroatoms. The van der Waals surface area contributed by atoms with Gasteiger partial charge in [0.1, 0.15) is 35.1 Å². The van der Waals surface area contributed by atoms with Crippen molar-refractivity contribution >= 4 is 45.4 Å². The number of nitrogens with zero attached hydrogens (tertiary/aromatic N) is 3. The smallest absolute Gasteiger partial charge is 0.408 e. The predicted molar refractivity (Wildman–Crippen MR) is 178 cm³/mol. The quantitative estimate of drug-likeness (QED) is 0.200. The number of amides is 1. The van der Waals surface area contributed by atoms with Crippen molar-refractivity contribution in [2.75, 3.05) is 23.8 Å². The minimum absolute atomic E-state index is 0.0250. The van der Waals surface area contributed by atoms with Gasteiger partial charge >= 0.3 is 18.2 Å². The van der Waals surface area contributed by atoms with Crippen molar-refractivity contribution in [3.05, 3.63) is 30.0 Å². The standard InChI is InChI=1S/C33H43F3N6O6S/c1-16(2)23(41-30(44)48-31(4,5)6)28(43)45-14-18-13-20(25-24(18)46-32(7,8)47-25)39-26-22(27-40-19-11-9-10-12-21(19)49-27)17(3)38-29(42-26)37-15-33(34,35)36/h9-12,16,18,20,23-25H,13-15H2,1-8H3,(H,41,44)(H2,37,38,39,42). The number of ether oxygens (including phenoxy) is 4. The van der Waals surface area contributed by atoms with Crippen LogP contribution in [0, 0.1) is 18.8 Å². The van der Waals surface area contributed by atoms with Gasteiger partial charge < -0.3 is 34.9 Å². The van der Waals surface area contributed by atoms with Crippen molar-refractivity contribution in [1.82, 2.24) is 20.3 Å². The van der Waals surface area contributed by atoms with E-state index >= 15 is 0 Å². The van der Waals surface area contributed by atoms with Crippen molar-refractivity contribution in [3.8, 4) is 10.6 Å². The summed E-state index contributed by atoms with van der Waals surface area (Å²) in [6.07, 6.45) is -5.77. The number of aromatic nitrogens is 3. The number of para-hydroxylation sites is 1. The van der Waals surface area contributed by atoms with Crippen molar-refractivity contribution in [2.24, 2.45) is 11.8 Å². The SMILES string of the molecule is Cc1nc(NCC(F)(F)F)nc(NC2CC(COC(=O)C(NC(=O)OC(C)(C)C)C(C)C)C3OC(C)(C)OC23)c1-c1nc2ccccc2s1. The van der Waals surface area contributed by atoms with E-state index in [1.165, 1.54) is 11.3 Å². The Kier molecular flexibility index (Phi) is 10.3. The minimum atomic E-state index is -4.47. The van der Waals surface area contributed by atoms with E-state index in [0.29, 0.717) is 22.7 Å². The molecule has 0 spiro atoms. The lowest BCUT2D eigenvalue weighted by atomic mass is 10.0. The number of anilines is 2. The van der Waals surface area contributed by atoms with Gasteiger partial charge in [-0.05, 0) is 66.0 Å². The Morgan fingerprint density at radius 3 is 2.43 bits per heavy atom. The third-order valence-corrected chi connectivity index (χ3v) is 9.03. The van der Waals surface area contributed by atoms with Crippen LogP contribution in [0.2, 0.25) is 0 Å². The largest absolute Gasteiger partial charge is 0.464 e. The fourth-order valence-corrected chi connectivity index (χ4v) is 7.01. The number of esters is 1. The summed E-state index contributed by atoms with van der Waals surface area (Å²) in [4.78, 5) is 39.3. The third kappa shape index (κ3) is 9.08.